The molecule has 65 heavy (non-hydrogen) atoms. The van der Waals surface area contributed by atoms with Crippen molar-refractivity contribution in [1.29, 1.82) is 0 Å². The monoisotopic (exact) mass is 842 g/mol. The Bertz CT molecular complexity index is 3770. The summed E-state index contributed by atoms with van der Waals surface area (Å²) in [7, 11) is -2.65. The molecule has 0 aliphatic heterocycles. The highest BCUT2D eigenvalue weighted by Gasteiger charge is 2.41. The van der Waals surface area contributed by atoms with Crippen molar-refractivity contribution in [2.45, 2.75) is 0 Å². The molecule has 11 aromatic carbocycles. The Balaban J connectivity index is 0.963. The Morgan fingerprint density at radius 2 is 0.615 bits per heavy atom. The van der Waals surface area contributed by atoms with Crippen molar-refractivity contribution in [2.24, 2.45) is 0 Å². The first-order chi connectivity index (χ1) is 32.3. The highest BCUT2D eigenvalue weighted by molar-refractivity contribution is 7.19. The first-order valence-corrected chi connectivity index (χ1v) is 24.5. The minimum Gasteiger partial charge on any atom is -0.309 e. The second kappa shape index (κ2) is 14.9. The molecular formula is C62H42N2Si. The maximum Gasteiger partial charge on any atom is 0.179 e. The Kier molecular flexibility index (Phi) is 8.58. The molecule has 0 unspecified atom stereocenters. The van der Waals surface area contributed by atoms with Crippen LogP contribution in [0.1, 0.15) is 0 Å². The highest BCUT2D eigenvalue weighted by atomic mass is 28.3. The van der Waals surface area contributed by atoms with Crippen LogP contribution in [0.4, 0.5) is 0 Å². The number of nitrogens with zero attached hydrogens (tertiary/aromatic N) is 2. The maximum atomic E-state index is 2.49. The third kappa shape index (κ3) is 5.73. The van der Waals surface area contributed by atoms with Gasteiger partial charge in [0.05, 0.1) is 27.8 Å². The van der Waals surface area contributed by atoms with E-state index < -0.39 is 8.07 Å². The number of hydrogen-bond donors (Lipinski definition) is 0. The number of para-hydroxylation sites is 2. The van der Waals surface area contributed by atoms with Gasteiger partial charge in [0.2, 0.25) is 0 Å². The van der Waals surface area contributed by atoms with Gasteiger partial charge in [-0.2, -0.15) is 0 Å². The van der Waals surface area contributed by atoms with E-state index in [1.165, 1.54) is 103 Å². The van der Waals surface area contributed by atoms with Gasteiger partial charge >= 0.3 is 0 Å². The summed E-state index contributed by atoms with van der Waals surface area (Å²) >= 11 is 0. The molecule has 0 spiro atoms. The molecule has 304 valence electrons. The average Bonchev–Trinajstić information content (AvgIpc) is 3.89. The zero-order chi connectivity index (χ0) is 42.9. The first-order valence-electron chi connectivity index (χ1n) is 22.5. The van der Waals surface area contributed by atoms with E-state index in [0.717, 1.165) is 5.69 Å². The van der Waals surface area contributed by atoms with Crippen molar-refractivity contribution in [3.05, 3.63) is 255 Å². The molecule has 0 bridgehead atoms. The molecular weight excluding hydrogens is 801 g/mol. The molecule has 0 saturated carbocycles. The van der Waals surface area contributed by atoms with Crippen LogP contribution in [0.25, 0.3) is 87.7 Å². The second-order valence-corrected chi connectivity index (χ2v) is 21.0. The minimum absolute atomic E-state index is 1.15. The lowest BCUT2D eigenvalue weighted by Crippen LogP contribution is -2.74. The molecule has 0 atom stereocenters. The molecule has 0 aliphatic carbocycles. The molecule has 3 heteroatoms. The lowest BCUT2D eigenvalue weighted by molar-refractivity contribution is 1.18. The van der Waals surface area contributed by atoms with Gasteiger partial charge in [-0.25, -0.2) is 0 Å². The minimum atomic E-state index is -2.65. The summed E-state index contributed by atoms with van der Waals surface area (Å²) in [5.74, 6) is 0. The summed E-state index contributed by atoms with van der Waals surface area (Å²) in [4.78, 5) is 0. The van der Waals surface area contributed by atoms with Gasteiger partial charge in [0.1, 0.15) is 0 Å². The van der Waals surface area contributed by atoms with E-state index >= 15 is 0 Å². The molecule has 0 saturated heterocycles. The quantitative estimate of drug-likeness (QED) is 0.0859. The van der Waals surface area contributed by atoms with Crippen LogP contribution in [-0.4, -0.2) is 17.2 Å². The van der Waals surface area contributed by atoms with E-state index in [2.05, 4.69) is 264 Å². The van der Waals surface area contributed by atoms with Crippen molar-refractivity contribution in [3.8, 4) is 22.5 Å². The van der Waals surface area contributed by atoms with Crippen molar-refractivity contribution in [3.63, 3.8) is 0 Å². The van der Waals surface area contributed by atoms with E-state index in [0.29, 0.717) is 0 Å². The Morgan fingerprint density at radius 3 is 1.11 bits per heavy atom. The molecule has 13 aromatic rings. The maximum absolute atomic E-state index is 2.65. The van der Waals surface area contributed by atoms with Crippen LogP contribution in [0.5, 0.6) is 0 Å². The van der Waals surface area contributed by atoms with Gasteiger partial charge in [0, 0.05) is 38.0 Å². The van der Waals surface area contributed by atoms with Crippen molar-refractivity contribution < 1.29 is 0 Å². The van der Waals surface area contributed by atoms with E-state index in [9.17, 15) is 0 Å². The topological polar surface area (TPSA) is 9.86 Å². The molecule has 2 aromatic heterocycles. The van der Waals surface area contributed by atoms with Crippen LogP contribution in [0, 0.1) is 0 Å². The standard InChI is InChI=1S/C62H42N2Si/c1-4-20-48(21-5-1)65(49-22-6-2-7-23-49,50-24-8-3-9-25-50)51-36-34-47(35-37-51)63-58-30-16-14-28-54(58)56-41-43(32-38-60(56)63)44-33-39-61-57(42-44)55-29-15-17-31-59(55)64(61)62-52-26-12-10-18-45(52)40-46-19-11-13-27-53(46)62/h1-42H. The predicted octanol–water partition coefficient (Wildman–Crippen LogP) is 13.2. The van der Waals surface area contributed by atoms with Crippen LogP contribution in [0.3, 0.4) is 0 Å². The Morgan fingerprint density at radius 1 is 0.246 bits per heavy atom. The van der Waals surface area contributed by atoms with Gasteiger partial charge in [-0.3, -0.25) is 0 Å². The summed E-state index contributed by atoms with van der Waals surface area (Å²) in [6.45, 7) is 0. The fourth-order valence-corrected chi connectivity index (χ4v) is 15.7. The normalized spacial score (nSPS) is 12.0. The van der Waals surface area contributed by atoms with Crippen molar-refractivity contribution >= 4 is 94.0 Å². The van der Waals surface area contributed by atoms with Gasteiger partial charge in [-0.05, 0) is 97.2 Å². The summed E-state index contributed by atoms with van der Waals surface area (Å²) < 4.78 is 4.94. The largest absolute Gasteiger partial charge is 0.309 e. The van der Waals surface area contributed by atoms with Gasteiger partial charge in [0.25, 0.3) is 0 Å². The van der Waals surface area contributed by atoms with Gasteiger partial charge < -0.3 is 9.13 Å². The second-order valence-electron chi connectivity index (χ2n) is 17.2. The van der Waals surface area contributed by atoms with Crippen molar-refractivity contribution in [1.82, 2.24) is 9.13 Å². The van der Waals surface area contributed by atoms with Crippen LogP contribution in [-0.2, 0) is 0 Å². The van der Waals surface area contributed by atoms with Crippen LogP contribution in [0.2, 0.25) is 0 Å². The lowest BCUT2D eigenvalue weighted by atomic mass is 10.00. The highest BCUT2D eigenvalue weighted by Crippen LogP contribution is 2.41. The first kappa shape index (κ1) is 37.3. The number of rotatable bonds is 7. The third-order valence-corrected chi connectivity index (χ3v) is 18.6. The van der Waals surface area contributed by atoms with Gasteiger partial charge in [-0.15, -0.1) is 0 Å². The molecule has 0 amide bonds. The number of benzene rings is 11. The molecule has 0 radical (unpaired) electrons. The van der Waals surface area contributed by atoms with Crippen LogP contribution >= 0.6 is 0 Å². The number of fused-ring (bicyclic) bond motifs is 8. The van der Waals surface area contributed by atoms with E-state index in [-0.39, 0.29) is 0 Å². The van der Waals surface area contributed by atoms with Crippen molar-refractivity contribution in [2.75, 3.05) is 0 Å². The predicted molar refractivity (Wildman–Crippen MR) is 279 cm³/mol. The van der Waals surface area contributed by atoms with E-state index in [1.54, 1.807) is 0 Å². The Hall–Kier alpha value is -8.24. The molecule has 13 rings (SSSR count). The molecule has 0 aliphatic rings. The van der Waals surface area contributed by atoms with E-state index in [4.69, 9.17) is 0 Å². The fraction of sp³-hybridized carbons (Fsp3) is 0. The summed E-state index contributed by atoms with van der Waals surface area (Å²) in [5.41, 5.74) is 9.60. The van der Waals surface area contributed by atoms with Crippen LogP contribution < -0.4 is 20.7 Å². The summed E-state index contributed by atoms with van der Waals surface area (Å²) in [6, 6.07) is 94.7. The average molecular weight is 843 g/mol. The van der Waals surface area contributed by atoms with E-state index in [1.807, 2.05) is 0 Å². The molecule has 2 nitrogen and oxygen atoms in total. The molecule has 2 heterocycles. The Labute approximate surface area is 378 Å². The summed E-state index contributed by atoms with van der Waals surface area (Å²) in [6.07, 6.45) is 0. The molecule has 0 N–H and O–H groups in total. The van der Waals surface area contributed by atoms with Crippen LogP contribution in [0.15, 0.2) is 255 Å². The zero-order valence-corrected chi connectivity index (χ0v) is 36.6. The summed E-state index contributed by atoms with van der Waals surface area (Å²) in [5, 5.41) is 15.5. The van der Waals surface area contributed by atoms with Gasteiger partial charge in [0.15, 0.2) is 8.07 Å². The third-order valence-electron chi connectivity index (χ3n) is 13.8. The lowest BCUT2D eigenvalue weighted by Gasteiger charge is -2.34. The number of aromatic nitrogens is 2. The SMILES string of the molecule is c1ccc([Si](c2ccccc2)(c2ccccc2)c2ccc(-n3c4ccccc4c4cc(-c5ccc6c(c5)c5ccccc5n6-c5c6ccccc6cc6ccccc56)ccc43)cc2)cc1. The fourth-order valence-electron chi connectivity index (χ4n) is 11.0. The number of hydrogen-bond acceptors (Lipinski definition) is 0. The van der Waals surface area contributed by atoms with Gasteiger partial charge in [-0.1, -0.05) is 200 Å². The smallest absolute Gasteiger partial charge is 0.179 e. The zero-order valence-electron chi connectivity index (χ0n) is 35.6. The molecule has 0 fully saturated rings.